The maximum atomic E-state index is 13.4. The molecule has 4 heterocycles. The Bertz CT molecular complexity index is 1100. The minimum Gasteiger partial charge on any atom is -0.475 e. The van der Waals surface area contributed by atoms with Gasteiger partial charge in [-0.1, -0.05) is 36.4 Å². The molecule has 0 aliphatic carbocycles. The zero-order valence-corrected chi connectivity index (χ0v) is 19.0. The summed E-state index contributed by atoms with van der Waals surface area (Å²) in [4.78, 5) is 34.6. The number of halogens is 3. The van der Waals surface area contributed by atoms with Gasteiger partial charge < -0.3 is 10.0 Å². The largest absolute Gasteiger partial charge is 0.490 e. The zero-order valence-electron chi connectivity index (χ0n) is 18.2. The first kappa shape index (κ1) is 24.0. The number of aliphatic carboxylic acids is 1. The molecule has 0 atom stereocenters. The summed E-state index contributed by atoms with van der Waals surface area (Å²) in [6.07, 6.45) is -4.17. The third kappa shape index (κ3) is 5.31. The lowest BCUT2D eigenvalue weighted by molar-refractivity contribution is -0.192. The van der Waals surface area contributed by atoms with Crippen LogP contribution in [0.1, 0.15) is 16.9 Å². The summed E-state index contributed by atoms with van der Waals surface area (Å²) in [7, 11) is 0. The van der Waals surface area contributed by atoms with Crippen molar-refractivity contribution in [3.63, 3.8) is 0 Å². The van der Waals surface area contributed by atoms with Gasteiger partial charge in [0, 0.05) is 43.2 Å². The van der Waals surface area contributed by atoms with Gasteiger partial charge in [0.25, 0.3) is 5.91 Å². The molecule has 34 heavy (non-hydrogen) atoms. The second kappa shape index (κ2) is 9.98. The number of hydrogen-bond donors (Lipinski definition) is 1. The average Bonchev–Trinajstić information content (AvgIpc) is 3.49. The molecule has 11 heteroatoms. The number of thiophene rings is 1. The van der Waals surface area contributed by atoms with E-state index in [4.69, 9.17) is 9.90 Å². The number of carboxylic acids is 1. The van der Waals surface area contributed by atoms with Crippen LogP contribution in [-0.2, 0) is 22.7 Å². The quantitative estimate of drug-likeness (QED) is 0.707. The second-order valence-corrected chi connectivity index (χ2v) is 9.01. The topological polar surface area (TPSA) is 76.5 Å². The summed E-state index contributed by atoms with van der Waals surface area (Å²) < 4.78 is 31.7. The molecule has 180 valence electrons. The van der Waals surface area contributed by atoms with E-state index in [1.807, 2.05) is 17.0 Å². The van der Waals surface area contributed by atoms with Crippen molar-refractivity contribution in [3.05, 3.63) is 69.6 Å². The van der Waals surface area contributed by atoms with Gasteiger partial charge in [-0.05, 0) is 17.0 Å². The van der Waals surface area contributed by atoms with Crippen molar-refractivity contribution in [2.24, 2.45) is 4.99 Å². The van der Waals surface area contributed by atoms with Crippen LogP contribution in [0, 0.1) is 0 Å². The normalized spacial score (nSPS) is 18.2. The molecule has 2 aromatic rings. The Balaban J connectivity index is 0.000000344. The Kier molecular flexibility index (Phi) is 7.03. The number of rotatable bonds is 4. The Hall–Kier alpha value is -3.18. The van der Waals surface area contributed by atoms with Gasteiger partial charge >= 0.3 is 12.1 Å². The predicted molar refractivity (Wildman–Crippen MR) is 121 cm³/mol. The number of benzene rings is 1. The highest BCUT2D eigenvalue weighted by Gasteiger charge is 2.41. The summed E-state index contributed by atoms with van der Waals surface area (Å²) >= 11 is 1.69. The molecule has 0 radical (unpaired) electrons. The highest BCUT2D eigenvalue weighted by atomic mass is 32.1. The summed E-state index contributed by atoms with van der Waals surface area (Å²) in [5.74, 6) is -1.77. The molecule has 1 N–H and O–H groups in total. The molecule has 0 spiro atoms. The fraction of sp³-hybridized carbons (Fsp3) is 0.348. The van der Waals surface area contributed by atoms with Crippen molar-refractivity contribution >= 4 is 29.2 Å². The minimum atomic E-state index is -5.08. The lowest BCUT2D eigenvalue weighted by Crippen LogP contribution is -2.53. The van der Waals surface area contributed by atoms with Crippen LogP contribution in [0.25, 0.3) is 0 Å². The van der Waals surface area contributed by atoms with Crippen molar-refractivity contribution in [1.29, 1.82) is 0 Å². The first-order valence-corrected chi connectivity index (χ1v) is 11.6. The highest BCUT2D eigenvalue weighted by Crippen LogP contribution is 2.32. The third-order valence-corrected chi connectivity index (χ3v) is 6.53. The summed E-state index contributed by atoms with van der Waals surface area (Å²) in [6, 6.07) is 14.6. The maximum Gasteiger partial charge on any atom is 0.490 e. The summed E-state index contributed by atoms with van der Waals surface area (Å²) in [5, 5.41) is 9.19. The Morgan fingerprint density at radius 2 is 1.82 bits per heavy atom. The van der Waals surface area contributed by atoms with Crippen LogP contribution in [0.15, 0.2) is 64.1 Å². The lowest BCUT2D eigenvalue weighted by Gasteiger charge is -2.42. The van der Waals surface area contributed by atoms with Crippen molar-refractivity contribution < 1.29 is 27.9 Å². The van der Waals surface area contributed by atoms with Gasteiger partial charge in [0.15, 0.2) is 0 Å². The maximum absolute atomic E-state index is 13.4. The number of nitrogens with zero attached hydrogens (tertiary/aromatic N) is 4. The van der Waals surface area contributed by atoms with Gasteiger partial charge in [-0.15, -0.1) is 11.3 Å². The monoisotopic (exact) mass is 492 g/mol. The van der Waals surface area contributed by atoms with Gasteiger partial charge in [-0.25, -0.2) is 4.79 Å². The molecule has 0 unspecified atom stereocenters. The van der Waals surface area contributed by atoms with E-state index < -0.39 is 12.1 Å². The molecule has 7 nitrogen and oxygen atoms in total. The number of amides is 1. The average molecular weight is 493 g/mol. The molecule has 3 aliphatic heterocycles. The number of carboxylic acid groups (broad SMARTS) is 1. The fourth-order valence-corrected chi connectivity index (χ4v) is 4.84. The number of guanidine groups is 1. The second-order valence-electron chi connectivity index (χ2n) is 7.98. The minimum absolute atomic E-state index is 0.132. The van der Waals surface area contributed by atoms with Crippen LogP contribution in [0.2, 0.25) is 0 Å². The van der Waals surface area contributed by atoms with E-state index in [0.717, 1.165) is 44.1 Å². The van der Waals surface area contributed by atoms with E-state index in [1.54, 1.807) is 11.3 Å². The van der Waals surface area contributed by atoms with E-state index in [1.165, 1.54) is 16.1 Å². The lowest BCUT2D eigenvalue weighted by atomic mass is 10.0. The van der Waals surface area contributed by atoms with Crippen LogP contribution in [0.3, 0.4) is 0 Å². The summed E-state index contributed by atoms with van der Waals surface area (Å²) in [5.41, 5.74) is 3.45. The molecule has 3 aliphatic rings. The Morgan fingerprint density at radius 1 is 1.09 bits per heavy atom. The number of aliphatic imine (C=N–C) groups is 1. The fourth-order valence-electron chi connectivity index (χ4n) is 4.15. The third-order valence-electron chi connectivity index (χ3n) is 5.67. The first-order chi connectivity index (χ1) is 16.2. The van der Waals surface area contributed by atoms with E-state index >= 15 is 0 Å². The highest BCUT2D eigenvalue weighted by molar-refractivity contribution is 7.09. The van der Waals surface area contributed by atoms with E-state index in [2.05, 4.69) is 50.5 Å². The van der Waals surface area contributed by atoms with Gasteiger partial charge in [-0.3, -0.25) is 19.6 Å². The smallest absolute Gasteiger partial charge is 0.475 e. The van der Waals surface area contributed by atoms with E-state index in [9.17, 15) is 18.0 Å². The van der Waals surface area contributed by atoms with Gasteiger partial charge in [0.1, 0.15) is 0 Å². The number of carbonyl (C=O) groups excluding carboxylic acids is 1. The number of fused-ring (bicyclic) bond motifs is 2. The number of alkyl halides is 3. The molecule has 1 aromatic carbocycles. The molecule has 5 rings (SSSR count). The Labute approximate surface area is 198 Å². The Morgan fingerprint density at radius 3 is 2.47 bits per heavy atom. The molecule has 0 fully saturated rings. The van der Waals surface area contributed by atoms with Crippen molar-refractivity contribution in [3.8, 4) is 0 Å². The van der Waals surface area contributed by atoms with Crippen LogP contribution >= 0.6 is 11.3 Å². The SMILES string of the molecule is O=C(O)C(F)(F)F.O=C1C2=C(CCN(Cc3ccccc3)C2)N2CCN=C2N1Cc1cccs1. The summed E-state index contributed by atoms with van der Waals surface area (Å²) in [6.45, 7) is 4.86. The molecule has 1 aromatic heterocycles. The molecular weight excluding hydrogens is 469 g/mol. The van der Waals surface area contributed by atoms with Gasteiger partial charge in [0.2, 0.25) is 5.96 Å². The zero-order chi connectivity index (χ0) is 24.3. The molecular formula is C23H23F3N4O3S. The van der Waals surface area contributed by atoms with Crippen molar-refractivity contribution in [2.75, 3.05) is 26.2 Å². The molecule has 0 bridgehead atoms. The van der Waals surface area contributed by atoms with Gasteiger partial charge in [0.05, 0.1) is 18.7 Å². The number of carbonyl (C=O) groups is 2. The van der Waals surface area contributed by atoms with Crippen LogP contribution in [0.5, 0.6) is 0 Å². The van der Waals surface area contributed by atoms with E-state index in [-0.39, 0.29) is 5.91 Å². The van der Waals surface area contributed by atoms with Crippen LogP contribution in [0.4, 0.5) is 13.2 Å². The molecule has 1 amide bonds. The molecule has 0 saturated carbocycles. The predicted octanol–water partition coefficient (Wildman–Crippen LogP) is 3.56. The van der Waals surface area contributed by atoms with Crippen molar-refractivity contribution in [1.82, 2.24) is 14.7 Å². The molecule has 0 saturated heterocycles. The van der Waals surface area contributed by atoms with E-state index in [0.29, 0.717) is 13.1 Å². The van der Waals surface area contributed by atoms with Crippen LogP contribution in [-0.4, -0.2) is 70.0 Å². The van der Waals surface area contributed by atoms with Crippen molar-refractivity contribution in [2.45, 2.75) is 25.7 Å². The van der Waals surface area contributed by atoms with Gasteiger partial charge in [-0.2, -0.15) is 13.2 Å². The number of hydrogen-bond acceptors (Lipinski definition) is 6. The van der Waals surface area contributed by atoms with Crippen LogP contribution < -0.4 is 0 Å². The first-order valence-electron chi connectivity index (χ1n) is 10.7. The standard InChI is InChI=1S/C21H22N4OS.C2HF3O2/c26-20-18-15-23(13-16-5-2-1-3-6-16)10-8-19(18)24-11-9-22-21(24)25(20)14-17-7-4-12-27-17;3-2(4,5)1(6)7/h1-7,12H,8-11,13-15H2;(H,6,7).